The Morgan fingerprint density at radius 1 is 0.778 bits per heavy atom. The van der Waals surface area contributed by atoms with Gasteiger partial charge < -0.3 is 9.30 Å². The summed E-state index contributed by atoms with van der Waals surface area (Å²) in [6.45, 7) is 4.14. The maximum atomic E-state index is 11.3. The Labute approximate surface area is 156 Å². The third-order valence-corrected chi connectivity index (χ3v) is 4.65. The molecule has 0 fully saturated rings. The van der Waals surface area contributed by atoms with Crippen molar-refractivity contribution in [2.45, 2.75) is 13.8 Å². The van der Waals surface area contributed by atoms with Gasteiger partial charge in [0.1, 0.15) is 5.75 Å². The van der Waals surface area contributed by atoms with Crippen LogP contribution in [0.3, 0.4) is 0 Å². The Hall–Kier alpha value is -3.60. The molecule has 0 aliphatic rings. The number of aromatic nitrogens is 1. The van der Waals surface area contributed by atoms with Gasteiger partial charge in [-0.15, -0.1) is 0 Å². The first-order chi connectivity index (χ1) is 13.1. The van der Waals surface area contributed by atoms with E-state index in [1.807, 2.05) is 30.3 Å². The van der Waals surface area contributed by atoms with Crippen LogP contribution in [0.25, 0.3) is 16.5 Å². The number of nitro groups is 1. The second kappa shape index (κ2) is 6.61. The van der Waals surface area contributed by atoms with Gasteiger partial charge in [0.15, 0.2) is 0 Å². The zero-order valence-electron chi connectivity index (χ0n) is 15.0. The van der Waals surface area contributed by atoms with E-state index in [9.17, 15) is 10.1 Å². The summed E-state index contributed by atoms with van der Waals surface area (Å²) < 4.78 is 8.16. The van der Waals surface area contributed by atoms with Crippen LogP contribution in [0, 0.1) is 24.0 Å². The summed E-state index contributed by atoms with van der Waals surface area (Å²) in [6, 6.07) is 22.4. The Balaban J connectivity index is 1.88. The molecule has 4 aromatic rings. The van der Waals surface area contributed by atoms with Crippen LogP contribution in [0.15, 0.2) is 72.8 Å². The minimum atomic E-state index is -0.432. The number of ether oxygens (including phenoxy) is 1. The van der Waals surface area contributed by atoms with Crippen LogP contribution >= 0.6 is 0 Å². The van der Waals surface area contributed by atoms with Gasteiger partial charge in [-0.05, 0) is 44.2 Å². The van der Waals surface area contributed by atoms with Crippen LogP contribution in [0.1, 0.15) is 11.4 Å². The average Bonchev–Trinajstić information content (AvgIpc) is 3.00. The maximum absolute atomic E-state index is 11.3. The van der Waals surface area contributed by atoms with Crippen molar-refractivity contribution in [2.75, 3.05) is 0 Å². The van der Waals surface area contributed by atoms with E-state index in [-0.39, 0.29) is 11.4 Å². The highest BCUT2D eigenvalue weighted by Crippen LogP contribution is 2.36. The molecule has 0 saturated heterocycles. The summed E-state index contributed by atoms with van der Waals surface area (Å²) in [7, 11) is 0. The number of hydrogen-bond acceptors (Lipinski definition) is 3. The first-order valence-electron chi connectivity index (χ1n) is 8.64. The van der Waals surface area contributed by atoms with Crippen LogP contribution in [-0.4, -0.2) is 9.49 Å². The standard InChI is InChI=1S/C22H18N2O3/c1-15-13-14-16(2)23(15)19-10-5-8-18-17(19)7-6-12-21(18)27-22-11-4-3-9-20(22)24(25)26/h3-14H,1-2H3. The summed E-state index contributed by atoms with van der Waals surface area (Å²) in [6.07, 6.45) is 0. The average molecular weight is 358 g/mol. The zero-order chi connectivity index (χ0) is 19.0. The van der Waals surface area contributed by atoms with E-state index < -0.39 is 4.92 Å². The lowest BCUT2D eigenvalue weighted by molar-refractivity contribution is -0.385. The number of hydrogen-bond donors (Lipinski definition) is 0. The van der Waals surface area contributed by atoms with Crippen molar-refractivity contribution < 1.29 is 9.66 Å². The molecule has 0 aliphatic heterocycles. The van der Waals surface area contributed by atoms with Crippen LogP contribution in [-0.2, 0) is 0 Å². The van der Waals surface area contributed by atoms with Gasteiger partial charge in [0.2, 0.25) is 5.75 Å². The lowest BCUT2D eigenvalue weighted by Crippen LogP contribution is -2.00. The molecule has 1 heterocycles. The third-order valence-electron chi connectivity index (χ3n) is 4.65. The van der Waals surface area contributed by atoms with Crippen LogP contribution in [0.4, 0.5) is 5.69 Å². The molecule has 0 bridgehead atoms. The first-order valence-corrected chi connectivity index (χ1v) is 8.64. The van der Waals surface area contributed by atoms with Crippen molar-refractivity contribution in [1.29, 1.82) is 0 Å². The smallest absolute Gasteiger partial charge is 0.311 e. The second-order valence-corrected chi connectivity index (χ2v) is 6.41. The minimum Gasteiger partial charge on any atom is -0.449 e. The van der Waals surface area contributed by atoms with Crippen LogP contribution < -0.4 is 4.74 Å². The quantitative estimate of drug-likeness (QED) is 0.335. The van der Waals surface area contributed by atoms with E-state index in [4.69, 9.17) is 4.74 Å². The number of aryl methyl sites for hydroxylation is 2. The third kappa shape index (κ3) is 2.93. The molecule has 5 nitrogen and oxygen atoms in total. The monoisotopic (exact) mass is 358 g/mol. The van der Waals surface area contributed by atoms with Gasteiger partial charge in [-0.3, -0.25) is 10.1 Å². The summed E-state index contributed by atoms with van der Waals surface area (Å²) in [5.41, 5.74) is 3.29. The number of nitrogens with zero attached hydrogens (tertiary/aromatic N) is 2. The highest BCUT2D eigenvalue weighted by atomic mass is 16.6. The van der Waals surface area contributed by atoms with Crippen molar-refractivity contribution >= 4 is 16.5 Å². The Kier molecular flexibility index (Phi) is 4.12. The van der Waals surface area contributed by atoms with Crippen molar-refractivity contribution in [3.05, 3.63) is 94.3 Å². The molecular formula is C22H18N2O3. The van der Waals surface area contributed by atoms with E-state index in [0.29, 0.717) is 5.75 Å². The summed E-state index contributed by atoms with van der Waals surface area (Å²) in [4.78, 5) is 10.9. The van der Waals surface area contributed by atoms with Gasteiger partial charge in [-0.2, -0.15) is 0 Å². The van der Waals surface area contributed by atoms with Gasteiger partial charge >= 0.3 is 5.69 Å². The number of benzene rings is 3. The number of fused-ring (bicyclic) bond motifs is 1. The lowest BCUT2D eigenvalue weighted by atomic mass is 10.1. The van der Waals surface area contributed by atoms with E-state index in [0.717, 1.165) is 27.8 Å². The summed E-state index contributed by atoms with van der Waals surface area (Å²) >= 11 is 0. The highest BCUT2D eigenvalue weighted by molar-refractivity contribution is 5.95. The molecule has 0 unspecified atom stereocenters. The van der Waals surface area contributed by atoms with E-state index in [2.05, 4.69) is 36.6 Å². The molecule has 0 N–H and O–H groups in total. The van der Waals surface area contributed by atoms with Gasteiger partial charge in [0.25, 0.3) is 0 Å². The molecule has 27 heavy (non-hydrogen) atoms. The summed E-state index contributed by atoms with van der Waals surface area (Å²) in [5, 5.41) is 13.2. The highest BCUT2D eigenvalue weighted by Gasteiger charge is 2.16. The van der Waals surface area contributed by atoms with Crippen molar-refractivity contribution in [2.24, 2.45) is 0 Å². The van der Waals surface area contributed by atoms with Gasteiger partial charge in [-0.25, -0.2) is 0 Å². The predicted octanol–water partition coefficient (Wildman–Crippen LogP) is 5.95. The van der Waals surface area contributed by atoms with Crippen molar-refractivity contribution in [1.82, 2.24) is 4.57 Å². The molecule has 0 aliphatic carbocycles. The fourth-order valence-electron chi connectivity index (χ4n) is 3.41. The lowest BCUT2D eigenvalue weighted by Gasteiger charge is -2.15. The molecule has 134 valence electrons. The molecule has 0 spiro atoms. The molecule has 0 radical (unpaired) electrons. The minimum absolute atomic E-state index is 0.0530. The Morgan fingerprint density at radius 2 is 1.41 bits per heavy atom. The summed E-state index contributed by atoms with van der Waals surface area (Å²) in [5.74, 6) is 0.819. The molecule has 0 saturated carbocycles. The number of para-hydroxylation sites is 2. The molecule has 0 amide bonds. The van der Waals surface area contributed by atoms with Crippen LogP contribution in [0.5, 0.6) is 11.5 Å². The SMILES string of the molecule is Cc1ccc(C)n1-c1cccc2c(Oc3ccccc3[N+](=O)[O-])cccc12. The topological polar surface area (TPSA) is 57.3 Å². The van der Waals surface area contributed by atoms with E-state index in [1.165, 1.54) is 6.07 Å². The zero-order valence-corrected chi connectivity index (χ0v) is 15.0. The molecular weight excluding hydrogens is 340 g/mol. The van der Waals surface area contributed by atoms with Gasteiger partial charge in [-0.1, -0.05) is 36.4 Å². The largest absolute Gasteiger partial charge is 0.449 e. The van der Waals surface area contributed by atoms with Gasteiger partial charge in [0, 0.05) is 28.2 Å². The molecule has 1 aromatic heterocycles. The Bertz CT molecular complexity index is 1140. The maximum Gasteiger partial charge on any atom is 0.311 e. The fraction of sp³-hybridized carbons (Fsp3) is 0.0909. The molecule has 5 heteroatoms. The van der Waals surface area contributed by atoms with Gasteiger partial charge in [0.05, 0.1) is 10.6 Å². The van der Waals surface area contributed by atoms with Crippen molar-refractivity contribution in [3.63, 3.8) is 0 Å². The molecule has 3 aromatic carbocycles. The molecule has 4 rings (SSSR count). The Morgan fingerprint density at radius 3 is 2.15 bits per heavy atom. The van der Waals surface area contributed by atoms with Crippen LogP contribution in [0.2, 0.25) is 0 Å². The fourth-order valence-corrected chi connectivity index (χ4v) is 3.41. The van der Waals surface area contributed by atoms with E-state index >= 15 is 0 Å². The number of nitro benzene ring substituents is 1. The predicted molar refractivity (Wildman–Crippen MR) is 106 cm³/mol. The van der Waals surface area contributed by atoms with E-state index in [1.54, 1.807) is 18.2 Å². The first kappa shape index (κ1) is 16.8. The van der Waals surface area contributed by atoms with Crippen molar-refractivity contribution in [3.8, 4) is 17.2 Å². The normalized spacial score (nSPS) is 10.9. The molecule has 0 atom stereocenters. The second-order valence-electron chi connectivity index (χ2n) is 6.41. The number of rotatable bonds is 4.